The molecule has 1 aromatic carbocycles. The highest BCUT2D eigenvalue weighted by Gasteiger charge is 2.40. The normalized spacial score (nSPS) is 20.6. The molecule has 1 atom stereocenters. The van der Waals surface area contributed by atoms with Crippen molar-refractivity contribution in [3.63, 3.8) is 0 Å². The van der Waals surface area contributed by atoms with Crippen LogP contribution in [0.3, 0.4) is 0 Å². The molecule has 2 amide bonds. The van der Waals surface area contributed by atoms with E-state index < -0.39 is 0 Å². The number of guanidine groups is 1. The number of hydrogen-bond donors (Lipinski definition) is 0. The van der Waals surface area contributed by atoms with Crippen LogP contribution in [0.2, 0.25) is 0 Å². The van der Waals surface area contributed by atoms with Gasteiger partial charge in [-0.25, -0.2) is 14.7 Å². The molecule has 0 N–H and O–H groups in total. The first-order valence-corrected chi connectivity index (χ1v) is 9.16. The lowest BCUT2D eigenvalue weighted by Gasteiger charge is -2.37. The monoisotopic (exact) mass is 358 g/mol. The molecule has 0 unspecified atom stereocenters. The predicted molar refractivity (Wildman–Crippen MR) is 100 cm³/mol. The van der Waals surface area contributed by atoms with E-state index in [9.17, 15) is 9.59 Å². The quantitative estimate of drug-likeness (QED) is 0.831. The van der Waals surface area contributed by atoms with Gasteiger partial charge in [-0.15, -0.1) is 0 Å². The van der Waals surface area contributed by atoms with Crippen LogP contribution >= 0.6 is 0 Å². The van der Waals surface area contributed by atoms with Crippen molar-refractivity contribution in [2.24, 2.45) is 10.9 Å². The molecule has 1 saturated heterocycles. The van der Waals surface area contributed by atoms with Gasteiger partial charge < -0.3 is 14.5 Å². The Balaban J connectivity index is 1.79. The van der Waals surface area contributed by atoms with Crippen LogP contribution in [-0.4, -0.2) is 66.6 Å². The van der Waals surface area contributed by atoms with Gasteiger partial charge in [0, 0.05) is 26.2 Å². The van der Waals surface area contributed by atoms with Gasteiger partial charge in [-0.05, 0) is 25.0 Å². The van der Waals surface area contributed by atoms with Gasteiger partial charge in [0.1, 0.15) is 6.04 Å². The summed E-state index contributed by atoms with van der Waals surface area (Å²) in [5.41, 5.74) is 0.826. The van der Waals surface area contributed by atoms with Gasteiger partial charge in [0.05, 0.1) is 12.3 Å². The molecule has 2 aliphatic rings. The number of carbonyl (C=O) groups excluding carboxylic acids is 2. The predicted octanol–water partition coefficient (Wildman–Crippen LogP) is 2.19. The van der Waals surface area contributed by atoms with E-state index in [2.05, 4.69) is 4.90 Å². The number of ether oxygens (including phenoxy) is 1. The number of amides is 2. The summed E-state index contributed by atoms with van der Waals surface area (Å²) in [7, 11) is 0. The van der Waals surface area contributed by atoms with Crippen LogP contribution in [0.1, 0.15) is 20.8 Å². The lowest BCUT2D eigenvalue weighted by molar-refractivity contribution is -0.119. The number of carbonyl (C=O) groups is 2. The first-order valence-electron chi connectivity index (χ1n) is 9.16. The van der Waals surface area contributed by atoms with Crippen LogP contribution in [0, 0.1) is 5.92 Å². The average molecular weight is 358 g/mol. The zero-order valence-electron chi connectivity index (χ0n) is 15.6. The summed E-state index contributed by atoms with van der Waals surface area (Å²) in [6, 6.07) is 9.24. The second kappa shape index (κ2) is 7.76. The van der Waals surface area contributed by atoms with Crippen molar-refractivity contribution < 1.29 is 14.3 Å². The van der Waals surface area contributed by atoms with Crippen molar-refractivity contribution in [3.8, 4) is 0 Å². The molecule has 1 fully saturated rings. The van der Waals surface area contributed by atoms with Gasteiger partial charge in [0.15, 0.2) is 0 Å². The lowest BCUT2D eigenvalue weighted by Crippen LogP contribution is -2.54. The van der Waals surface area contributed by atoms with Crippen LogP contribution in [0.4, 0.5) is 10.5 Å². The zero-order valence-corrected chi connectivity index (χ0v) is 15.6. The third kappa shape index (κ3) is 3.52. The minimum atomic E-state index is -0.367. The molecule has 2 heterocycles. The Morgan fingerprint density at radius 3 is 2.42 bits per heavy atom. The van der Waals surface area contributed by atoms with Crippen LogP contribution in [0.5, 0.6) is 0 Å². The van der Waals surface area contributed by atoms with Crippen LogP contribution in [-0.2, 0) is 9.53 Å². The van der Waals surface area contributed by atoms with Crippen molar-refractivity contribution in [1.29, 1.82) is 0 Å². The van der Waals surface area contributed by atoms with Crippen molar-refractivity contribution in [2.75, 3.05) is 37.7 Å². The maximum absolute atomic E-state index is 13.0. The summed E-state index contributed by atoms with van der Waals surface area (Å²) in [4.78, 5) is 35.1. The molecule has 0 radical (unpaired) electrons. The molecular weight excluding hydrogens is 332 g/mol. The molecule has 26 heavy (non-hydrogen) atoms. The Bertz CT molecular complexity index is 681. The smallest absolute Gasteiger partial charge is 0.409 e. The molecule has 0 spiro atoms. The maximum Gasteiger partial charge on any atom is 0.409 e. The van der Waals surface area contributed by atoms with E-state index in [4.69, 9.17) is 9.73 Å². The van der Waals surface area contributed by atoms with Crippen molar-refractivity contribution in [2.45, 2.75) is 26.8 Å². The van der Waals surface area contributed by atoms with Gasteiger partial charge in [-0.1, -0.05) is 32.0 Å². The number of hydrogen-bond acceptors (Lipinski definition) is 5. The second-order valence-corrected chi connectivity index (χ2v) is 6.80. The molecule has 7 heteroatoms. The maximum atomic E-state index is 13.0. The fraction of sp³-hybridized carbons (Fsp3) is 0.526. The van der Waals surface area contributed by atoms with E-state index in [0.29, 0.717) is 38.7 Å². The summed E-state index contributed by atoms with van der Waals surface area (Å²) in [6.07, 6.45) is -0.281. The molecule has 7 nitrogen and oxygen atoms in total. The molecule has 3 rings (SSSR count). The fourth-order valence-electron chi connectivity index (χ4n) is 3.25. The number of anilines is 1. The highest BCUT2D eigenvalue weighted by Crippen LogP contribution is 2.26. The third-order valence-corrected chi connectivity index (χ3v) is 4.66. The standard InChI is InChI=1S/C19H26N4O3/c1-4-26-19(25)22-12-10-21(11-13-22)18-20-16(14(2)3)17(24)23(18)15-8-6-5-7-9-15/h5-9,14,16H,4,10-13H2,1-3H3/t16-/m0/s1. The van der Waals surface area contributed by atoms with Crippen molar-refractivity contribution >= 4 is 23.6 Å². The van der Waals surface area contributed by atoms with Crippen LogP contribution < -0.4 is 4.90 Å². The number of piperazine rings is 1. The highest BCUT2D eigenvalue weighted by atomic mass is 16.6. The van der Waals surface area contributed by atoms with E-state index >= 15 is 0 Å². The molecule has 0 aliphatic carbocycles. The minimum absolute atomic E-state index is 0.00835. The Morgan fingerprint density at radius 2 is 1.85 bits per heavy atom. The Labute approximate surface area is 154 Å². The molecule has 2 aliphatic heterocycles. The van der Waals surface area contributed by atoms with E-state index in [-0.39, 0.29) is 24.0 Å². The summed E-state index contributed by atoms with van der Waals surface area (Å²) in [5, 5.41) is 0. The van der Waals surface area contributed by atoms with E-state index in [1.807, 2.05) is 44.2 Å². The van der Waals surface area contributed by atoms with E-state index in [0.717, 1.165) is 5.69 Å². The number of benzene rings is 1. The number of rotatable bonds is 3. The zero-order chi connectivity index (χ0) is 18.7. The topological polar surface area (TPSA) is 65.5 Å². The SMILES string of the molecule is CCOC(=O)N1CCN(C2=N[C@@H](C(C)C)C(=O)N2c2ccccc2)CC1. The van der Waals surface area contributed by atoms with Crippen molar-refractivity contribution in [1.82, 2.24) is 9.80 Å². The summed E-state index contributed by atoms with van der Waals surface area (Å²) in [5.74, 6) is 0.824. The van der Waals surface area contributed by atoms with E-state index in [1.165, 1.54) is 0 Å². The largest absolute Gasteiger partial charge is 0.450 e. The van der Waals surface area contributed by atoms with Crippen LogP contribution in [0.25, 0.3) is 0 Å². The first kappa shape index (κ1) is 18.2. The van der Waals surface area contributed by atoms with E-state index in [1.54, 1.807) is 16.7 Å². The second-order valence-electron chi connectivity index (χ2n) is 6.80. The molecule has 1 aromatic rings. The lowest BCUT2D eigenvalue weighted by atomic mass is 10.0. The molecular formula is C19H26N4O3. The summed E-state index contributed by atoms with van der Waals surface area (Å²) < 4.78 is 5.07. The molecule has 140 valence electrons. The van der Waals surface area contributed by atoms with Gasteiger partial charge >= 0.3 is 6.09 Å². The summed E-state index contributed by atoms with van der Waals surface area (Å²) in [6.45, 7) is 8.56. The Morgan fingerprint density at radius 1 is 1.19 bits per heavy atom. The number of nitrogens with zero attached hydrogens (tertiary/aromatic N) is 4. The molecule has 0 saturated carbocycles. The van der Waals surface area contributed by atoms with Crippen LogP contribution in [0.15, 0.2) is 35.3 Å². The number of para-hydroxylation sites is 1. The Kier molecular flexibility index (Phi) is 5.44. The minimum Gasteiger partial charge on any atom is -0.450 e. The summed E-state index contributed by atoms with van der Waals surface area (Å²) >= 11 is 0. The van der Waals surface area contributed by atoms with Crippen molar-refractivity contribution in [3.05, 3.63) is 30.3 Å². The molecule has 0 aromatic heterocycles. The molecule has 0 bridgehead atoms. The van der Waals surface area contributed by atoms with Gasteiger partial charge in [0.2, 0.25) is 5.96 Å². The number of aliphatic imine (C=N–C) groups is 1. The highest BCUT2D eigenvalue weighted by molar-refractivity contribution is 6.22. The first-order chi connectivity index (χ1) is 12.5. The average Bonchev–Trinajstić information content (AvgIpc) is 3.00. The van der Waals surface area contributed by atoms with Gasteiger partial charge in [-0.2, -0.15) is 0 Å². The third-order valence-electron chi connectivity index (χ3n) is 4.66. The fourth-order valence-corrected chi connectivity index (χ4v) is 3.25. The van der Waals surface area contributed by atoms with Gasteiger partial charge in [-0.3, -0.25) is 4.79 Å². The Hall–Kier alpha value is -2.57. The van der Waals surface area contributed by atoms with Gasteiger partial charge in [0.25, 0.3) is 5.91 Å².